The van der Waals surface area contributed by atoms with Gasteiger partial charge in [0, 0.05) is 18.3 Å². The van der Waals surface area contributed by atoms with Crippen LogP contribution in [0, 0.1) is 11.7 Å². The minimum atomic E-state index is -1.33. The molecule has 2 amide bonds. The molecule has 0 aliphatic carbocycles. The van der Waals surface area contributed by atoms with Crippen LogP contribution < -0.4 is 11.1 Å². The van der Waals surface area contributed by atoms with E-state index in [1.807, 2.05) is 0 Å². The summed E-state index contributed by atoms with van der Waals surface area (Å²) in [5.41, 5.74) is 4.30. The Kier molecular flexibility index (Phi) is 4.82. The highest BCUT2D eigenvalue weighted by Gasteiger charge is 2.58. The molecule has 1 aromatic rings. The molecule has 3 N–H and O–H groups in total. The molecular weight excluding hydrogens is 367 g/mol. The minimum Gasteiger partial charge on any atom is -0.444 e. The molecule has 3 atom stereocenters. The van der Waals surface area contributed by atoms with Gasteiger partial charge in [-0.3, -0.25) is 15.0 Å². The van der Waals surface area contributed by atoms with E-state index in [-0.39, 0.29) is 24.0 Å². The normalized spacial score (nSPS) is 27.3. The summed E-state index contributed by atoms with van der Waals surface area (Å²) in [5.74, 6) is -1.67. The number of halogens is 1. The smallest absolute Gasteiger partial charge is 0.414 e. The first-order valence-electron chi connectivity index (χ1n) is 8.99. The quantitative estimate of drug-likeness (QED) is 0.711. The molecule has 2 heterocycles. The monoisotopic (exact) mass is 392 g/mol. The second kappa shape index (κ2) is 6.73. The van der Waals surface area contributed by atoms with Crippen molar-refractivity contribution in [2.45, 2.75) is 44.9 Å². The Morgan fingerprint density at radius 3 is 2.79 bits per heavy atom. The standard InChI is InChI=1S/C19H25FN4O4/c1-10-14-15(25)24(5)16(22-17(26)28-18(2,3)4)23-19(14,9-27-10)12-8-11(21)6-7-13(12)20/h6-8,10,14H,9,21H2,1-5H3,(H,22,23,26). The fourth-order valence-electron chi connectivity index (χ4n) is 3.60. The predicted octanol–water partition coefficient (Wildman–Crippen LogP) is 1.99. The van der Waals surface area contributed by atoms with Gasteiger partial charge in [-0.1, -0.05) is 0 Å². The van der Waals surface area contributed by atoms with Crippen LogP contribution in [0.1, 0.15) is 33.3 Å². The van der Waals surface area contributed by atoms with Gasteiger partial charge >= 0.3 is 6.09 Å². The number of nitrogens with zero attached hydrogens (tertiary/aromatic N) is 2. The molecule has 8 nitrogen and oxygen atoms in total. The van der Waals surface area contributed by atoms with Crippen LogP contribution in [0.25, 0.3) is 0 Å². The van der Waals surface area contributed by atoms with Gasteiger partial charge in [-0.25, -0.2) is 14.2 Å². The van der Waals surface area contributed by atoms with Crippen LogP contribution in [0.15, 0.2) is 23.2 Å². The van der Waals surface area contributed by atoms with Crippen molar-refractivity contribution < 1.29 is 23.5 Å². The number of carbonyl (C=O) groups excluding carboxylic acids is 2. The summed E-state index contributed by atoms with van der Waals surface area (Å²) >= 11 is 0. The number of alkyl carbamates (subject to hydrolysis) is 1. The van der Waals surface area contributed by atoms with E-state index in [0.717, 1.165) is 0 Å². The molecule has 3 rings (SSSR count). The number of nitrogen functional groups attached to an aromatic ring is 1. The van der Waals surface area contributed by atoms with E-state index in [1.54, 1.807) is 27.7 Å². The van der Waals surface area contributed by atoms with E-state index < -0.39 is 35.1 Å². The molecule has 28 heavy (non-hydrogen) atoms. The van der Waals surface area contributed by atoms with Crippen LogP contribution in [0.5, 0.6) is 0 Å². The Labute approximate surface area is 162 Å². The van der Waals surface area contributed by atoms with E-state index in [0.29, 0.717) is 5.69 Å². The van der Waals surface area contributed by atoms with E-state index >= 15 is 0 Å². The van der Waals surface area contributed by atoms with Crippen molar-refractivity contribution in [1.82, 2.24) is 10.2 Å². The van der Waals surface area contributed by atoms with Gasteiger partial charge in [-0.05, 0) is 45.9 Å². The first-order chi connectivity index (χ1) is 12.9. The van der Waals surface area contributed by atoms with Gasteiger partial charge in [0.05, 0.1) is 18.6 Å². The molecule has 0 radical (unpaired) electrons. The lowest BCUT2D eigenvalue weighted by Gasteiger charge is -2.39. The number of anilines is 1. The van der Waals surface area contributed by atoms with Gasteiger partial charge in [-0.2, -0.15) is 0 Å². The number of aliphatic imine (C=N–C) groups is 1. The van der Waals surface area contributed by atoms with Crippen LogP contribution in [0.3, 0.4) is 0 Å². The zero-order chi connectivity index (χ0) is 20.9. The molecule has 0 bridgehead atoms. The zero-order valence-corrected chi connectivity index (χ0v) is 16.6. The van der Waals surface area contributed by atoms with E-state index in [2.05, 4.69) is 10.3 Å². The van der Waals surface area contributed by atoms with Crippen LogP contribution >= 0.6 is 0 Å². The lowest BCUT2D eigenvalue weighted by atomic mass is 9.76. The Morgan fingerprint density at radius 2 is 2.14 bits per heavy atom. The van der Waals surface area contributed by atoms with Crippen LogP contribution in [0.2, 0.25) is 0 Å². The number of fused-ring (bicyclic) bond motifs is 1. The van der Waals surface area contributed by atoms with Gasteiger partial charge in [0.1, 0.15) is 17.0 Å². The van der Waals surface area contributed by atoms with Crippen molar-refractivity contribution in [3.05, 3.63) is 29.6 Å². The predicted molar refractivity (Wildman–Crippen MR) is 101 cm³/mol. The Bertz CT molecular complexity index is 851. The number of hydrogen-bond acceptors (Lipinski definition) is 6. The maximum Gasteiger partial charge on any atom is 0.414 e. The third-order valence-corrected chi connectivity index (χ3v) is 4.84. The highest BCUT2D eigenvalue weighted by molar-refractivity contribution is 6.06. The second-order valence-electron chi connectivity index (χ2n) is 8.12. The molecule has 1 saturated heterocycles. The Hall–Kier alpha value is -2.68. The van der Waals surface area contributed by atoms with Crippen molar-refractivity contribution in [1.29, 1.82) is 0 Å². The maximum absolute atomic E-state index is 14.7. The van der Waals surface area contributed by atoms with Crippen molar-refractivity contribution in [3.63, 3.8) is 0 Å². The summed E-state index contributed by atoms with van der Waals surface area (Å²) in [6.45, 7) is 6.88. The third-order valence-electron chi connectivity index (χ3n) is 4.84. The maximum atomic E-state index is 14.7. The number of hydrogen-bond donors (Lipinski definition) is 2. The largest absolute Gasteiger partial charge is 0.444 e. The lowest BCUT2D eigenvalue weighted by molar-refractivity contribution is -0.134. The molecule has 2 aliphatic rings. The molecule has 0 aromatic heterocycles. The van der Waals surface area contributed by atoms with E-state index in [4.69, 9.17) is 15.2 Å². The van der Waals surface area contributed by atoms with E-state index in [9.17, 15) is 14.0 Å². The number of benzene rings is 1. The molecule has 0 spiro atoms. The second-order valence-corrected chi connectivity index (χ2v) is 8.12. The molecule has 0 saturated carbocycles. The highest BCUT2D eigenvalue weighted by Crippen LogP contribution is 2.47. The summed E-state index contributed by atoms with van der Waals surface area (Å²) in [6, 6.07) is 4.12. The van der Waals surface area contributed by atoms with Crippen molar-refractivity contribution in [2.24, 2.45) is 10.9 Å². The van der Waals surface area contributed by atoms with Gasteiger partial charge < -0.3 is 15.2 Å². The average molecular weight is 392 g/mol. The van der Waals surface area contributed by atoms with Crippen molar-refractivity contribution >= 4 is 23.6 Å². The lowest BCUT2D eigenvalue weighted by Crippen LogP contribution is -2.58. The Morgan fingerprint density at radius 1 is 1.46 bits per heavy atom. The van der Waals surface area contributed by atoms with Crippen molar-refractivity contribution in [2.75, 3.05) is 19.4 Å². The van der Waals surface area contributed by atoms with Gasteiger partial charge in [-0.15, -0.1) is 0 Å². The number of guanidine groups is 1. The summed E-state index contributed by atoms with van der Waals surface area (Å²) < 4.78 is 25.7. The van der Waals surface area contributed by atoms with Gasteiger partial charge in [0.2, 0.25) is 11.9 Å². The van der Waals surface area contributed by atoms with Crippen LogP contribution in [-0.4, -0.2) is 48.2 Å². The van der Waals surface area contributed by atoms with E-state index in [1.165, 1.54) is 30.1 Å². The van der Waals surface area contributed by atoms with Crippen LogP contribution in [-0.2, 0) is 19.8 Å². The number of carbonyl (C=O) groups is 2. The van der Waals surface area contributed by atoms with Crippen molar-refractivity contribution in [3.8, 4) is 0 Å². The number of ether oxygens (including phenoxy) is 2. The number of rotatable bonds is 1. The third kappa shape index (κ3) is 3.42. The molecule has 1 fully saturated rings. The fourth-order valence-corrected chi connectivity index (χ4v) is 3.60. The molecule has 152 valence electrons. The average Bonchev–Trinajstić information content (AvgIpc) is 2.90. The fraction of sp³-hybridized carbons (Fsp3) is 0.526. The zero-order valence-electron chi connectivity index (χ0n) is 16.6. The van der Waals surface area contributed by atoms with Gasteiger partial charge in [0.25, 0.3) is 0 Å². The molecule has 2 aliphatic heterocycles. The topological polar surface area (TPSA) is 106 Å². The highest BCUT2D eigenvalue weighted by atomic mass is 19.1. The first kappa shape index (κ1) is 20.1. The summed E-state index contributed by atoms with van der Waals surface area (Å²) in [6.07, 6.45) is -1.25. The molecule has 3 unspecified atom stereocenters. The van der Waals surface area contributed by atoms with Gasteiger partial charge in [0.15, 0.2) is 0 Å². The Balaban J connectivity index is 2.09. The summed E-state index contributed by atoms with van der Waals surface area (Å²) in [5, 5.41) is 2.50. The first-order valence-corrected chi connectivity index (χ1v) is 8.99. The summed E-state index contributed by atoms with van der Waals surface area (Å²) in [4.78, 5) is 31.1. The number of nitrogens with one attached hydrogen (secondary N) is 1. The number of amides is 2. The molecular formula is C19H25FN4O4. The molecule has 1 aromatic carbocycles. The SMILES string of the molecule is CC1OCC2(c3cc(N)ccc3F)N=C(NC(=O)OC(C)(C)C)N(C)C(=O)C12. The van der Waals surface area contributed by atoms with Crippen LogP contribution in [0.4, 0.5) is 14.9 Å². The molecule has 9 heteroatoms. The summed E-state index contributed by atoms with van der Waals surface area (Å²) in [7, 11) is 1.49. The minimum absolute atomic E-state index is 0.0156. The number of nitrogens with two attached hydrogens (primary N) is 1.